The van der Waals surface area contributed by atoms with E-state index in [-0.39, 0.29) is 18.1 Å². The molecule has 1 aliphatic heterocycles. The predicted octanol–water partition coefficient (Wildman–Crippen LogP) is 4.87. The number of ether oxygens (including phenoxy) is 1. The molecule has 26 heavy (non-hydrogen) atoms. The molecular formula is C20H19ClN2O2S. The minimum absolute atomic E-state index is 0.0227. The van der Waals surface area contributed by atoms with Crippen LogP contribution in [0.5, 0.6) is 0 Å². The Bertz CT molecular complexity index is 961. The zero-order valence-corrected chi connectivity index (χ0v) is 16.2. The van der Waals surface area contributed by atoms with E-state index in [0.29, 0.717) is 23.0 Å². The van der Waals surface area contributed by atoms with Gasteiger partial charge >= 0.3 is 0 Å². The molecule has 0 saturated carbocycles. The van der Waals surface area contributed by atoms with Crippen LogP contribution < -0.4 is 0 Å². The summed E-state index contributed by atoms with van der Waals surface area (Å²) in [5.41, 5.74) is 2.27. The summed E-state index contributed by atoms with van der Waals surface area (Å²) in [7, 11) is 0. The van der Waals surface area contributed by atoms with Crippen molar-refractivity contribution in [1.29, 1.82) is 0 Å². The molecule has 4 nitrogen and oxygen atoms in total. The van der Waals surface area contributed by atoms with E-state index in [2.05, 4.69) is 0 Å². The van der Waals surface area contributed by atoms with Gasteiger partial charge in [0.05, 0.1) is 38.2 Å². The molecule has 3 heterocycles. The quantitative estimate of drug-likeness (QED) is 0.631. The minimum atomic E-state index is 0.0227. The van der Waals surface area contributed by atoms with Crippen molar-refractivity contribution in [3.05, 3.63) is 52.4 Å². The van der Waals surface area contributed by atoms with Crippen molar-refractivity contribution in [3.8, 4) is 10.6 Å². The van der Waals surface area contributed by atoms with Gasteiger partial charge in [-0.3, -0.25) is 4.79 Å². The van der Waals surface area contributed by atoms with Crippen LogP contribution in [0, 0.1) is 0 Å². The molecular weight excluding hydrogens is 368 g/mol. The highest BCUT2D eigenvalue weighted by atomic mass is 35.5. The van der Waals surface area contributed by atoms with Crippen LogP contribution in [0.1, 0.15) is 24.2 Å². The fraction of sp³-hybridized carbons (Fsp3) is 0.300. The van der Waals surface area contributed by atoms with E-state index < -0.39 is 0 Å². The molecule has 3 aromatic rings. The van der Waals surface area contributed by atoms with Crippen LogP contribution in [0.2, 0.25) is 4.34 Å². The first kappa shape index (κ1) is 17.5. The SMILES string of the molecule is C[C@@H]1CN(C(=O)c2cc(-c3ccc(Cl)s3)nc3ccccc23)C[C@@H](C)O1. The van der Waals surface area contributed by atoms with E-state index >= 15 is 0 Å². The van der Waals surface area contributed by atoms with Crippen molar-refractivity contribution in [2.75, 3.05) is 13.1 Å². The maximum atomic E-state index is 13.3. The lowest BCUT2D eigenvalue weighted by molar-refractivity contribution is -0.0585. The summed E-state index contributed by atoms with van der Waals surface area (Å²) in [5.74, 6) is 0.0227. The van der Waals surface area contributed by atoms with Gasteiger partial charge in [-0.15, -0.1) is 11.3 Å². The highest BCUT2D eigenvalue weighted by Gasteiger charge is 2.28. The summed E-state index contributed by atoms with van der Waals surface area (Å²) in [4.78, 5) is 20.9. The van der Waals surface area contributed by atoms with E-state index in [9.17, 15) is 4.79 Å². The van der Waals surface area contributed by atoms with Gasteiger partial charge in [0.1, 0.15) is 0 Å². The summed E-state index contributed by atoms with van der Waals surface area (Å²) in [6, 6.07) is 13.4. The largest absolute Gasteiger partial charge is 0.372 e. The van der Waals surface area contributed by atoms with E-state index in [0.717, 1.165) is 21.5 Å². The normalized spacial score (nSPS) is 20.5. The second-order valence-electron chi connectivity index (χ2n) is 6.64. The van der Waals surface area contributed by atoms with Crippen LogP contribution in [-0.2, 0) is 4.74 Å². The third-order valence-electron chi connectivity index (χ3n) is 4.48. The Morgan fingerprint density at radius 2 is 1.92 bits per heavy atom. The Kier molecular flexibility index (Phi) is 4.69. The van der Waals surface area contributed by atoms with E-state index in [1.807, 2.05) is 61.2 Å². The third kappa shape index (κ3) is 3.34. The molecule has 0 bridgehead atoms. The van der Waals surface area contributed by atoms with Crippen molar-refractivity contribution >= 4 is 39.7 Å². The van der Waals surface area contributed by atoms with Gasteiger partial charge in [0.25, 0.3) is 5.91 Å². The fourth-order valence-corrected chi connectivity index (χ4v) is 4.45. The van der Waals surface area contributed by atoms with Gasteiger partial charge in [0.15, 0.2) is 0 Å². The number of pyridine rings is 1. The van der Waals surface area contributed by atoms with Crippen LogP contribution in [0.15, 0.2) is 42.5 Å². The second-order valence-corrected chi connectivity index (χ2v) is 8.36. The van der Waals surface area contributed by atoms with Crippen molar-refractivity contribution in [3.63, 3.8) is 0 Å². The number of rotatable bonds is 2. The topological polar surface area (TPSA) is 42.4 Å². The van der Waals surface area contributed by atoms with Gasteiger partial charge in [-0.1, -0.05) is 29.8 Å². The molecule has 134 valence electrons. The lowest BCUT2D eigenvalue weighted by Crippen LogP contribution is -2.48. The molecule has 1 saturated heterocycles. The number of benzene rings is 1. The number of hydrogen-bond acceptors (Lipinski definition) is 4. The number of thiophene rings is 1. The Labute approximate surface area is 161 Å². The molecule has 1 amide bonds. The molecule has 2 aromatic heterocycles. The van der Waals surface area contributed by atoms with E-state index in [1.54, 1.807) is 0 Å². The lowest BCUT2D eigenvalue weighted by Gasteiger charge is -2.35. The van der Waals surface area contributed by atoms with Gasteiger partial charge in [-0.05, 0) is 38.1 Å². The minimum Gasteiger partial charge on any atom is -0.372 e. The van der Waals surface area contributed by atoms with Gasteiger partial charge < -0.3 is 9.64 Å². The molecule has 4 rings (SSSR count). The number of carbonyl (C=O) groups is 1. The number of aromatic nitrogens is 1. The Morgan fingerprint density at radius 1 is 1.19 bits per heavy atom. The Morgan fingerprint density at radius 3 is 2.62 bits per heavy atom. The first-order valence-corrected chi connectivity index (χ1v) is 9.81. The number of para-hydroxylation sites is 1. The van der Waals surface area contributed by atoms with Crippen molar-refractivity contribution in [1.82, 2.24) is 9.88 Å². The molecule has 0 radical (unpaired) electrons. The Hall–Kier alpha value is -1.95. The van der Waals surface area contributed by atoms with Crippen LogP contribution in [0.3, 0.4) is 0 Å². The van der Waals surface area contributed by atoms with Crippen molar-refractivity contribution < 1.29 is 9.53 Å². The maximum absolute atomic E-state index is 13.3. The van der Waals surface area contributed by atoms with Gasteiger partial charge in [0, 0.05) is 18.5 Å². The van der Waals surface area contributed by atoms with Crippen molar-refractivity contribution in [2.45, 2.75) is 26.1 Å². The average molecular weight is 387 g/mol. The number of morpholine rings is 1. The molecule has 6 heteroatoms. The molecule has 1 fully saturated rings. The summed E-state index contributed by atoms with van der Waals surface area (Å²) in [5, 5.41) is 0.871. The average Bonchev–Trinajstić information content (AvgIpc) is 3.06. The van der Waals surface area contributed by atoms with Gasteiger partial charge in [0.2, 0.25) is 0 Å². The van der Waals surface area contributed by atoms with Crippen LogP contribution in [-0.4, -0.2) is 41.1 Å². The van der Waals surface area contributed by atoms with Gasteiger partial charge in [-0.25, -0.2) is 4.98 Å². The molecule has 0 aliphatic carbocycles. The molecule has 0 spiro atoms. The molecule has 1 aromatic carbocycles. The number of fused-ring (bicyclic) bond motifs is 1. The fourth-order valence-electron chi connectivity index (χ4n) is 3.44. The van der Waals surface area contributed by atoms with E-state index in [4.69, 9.17) is 21.3 Å². The lowest BCUT2D eigenvalue weighted by atomic mass is 10.0. The summed E-state index contributed by atoms with van der Waals surface area (Å²) < 4.78 is 6.47. The zero-order valence-electron chi connectivity index (χ0n) is 14.6. The number of halogens is 1. The first-order valence-electron chi connectivity index (χ1n) is 8.61. The maximum Gasteiger partial charge on any atom is 0.254 e. The van der Waals surface area contributed by atoms with Crippen LogP contribution >= 0.6 is 22.9 Å². The summed E-state index contributed by atoms with van der Waals surface area (Å²) in [6.45, 7) is 5.19. The first-order chi connectivity index (χ1) is 12.5. The number of hydrogen-bond donors (Lipinski definition) is 0. The number of amides is 1. The second kappa shape index (κ2) is 6.99. The highest BCUT2D eigenvalue weighted by Crippen LogP contribution is 2.32. The monoisotopic (exact) mass is 386 g/mol. The zero-order chi connectivity index (χ0) is 18.3. The standard InChI is InChI=1S/C20H19ClN2O2S/c1-12-10-23(11-13(2)25-12)20(24)15-9-17(18-7-8-19(21)26-18)22-16-6-4-3-5-14(15)16/h3-9,12-13H,10-11H2,1-2H3/t12-,13-/m1/s1. The number of carbonyl (C=O) groups excluding carboxylic acids is 1. The van der Waals surface area contributed by atoms with E-state index in [1.165, 1.54) is 11.3 Å². The van der Waals surface area contributed by atoms with Crippen molar-refractivity contribution in [2.24, 2.45) is 0 Å². The smallest absolute Gasteiger partial charge is 0.254 e. The third-order valence-corrected chi connectivity index (χ3v) is 5.73. The van der Waals surface area contributed by atoms with Crippen LogP contribution in [0.4, 0.5) is 0 Å². The van der Waals surface area contributed by atoms with Crippen LogP contribution in [0.25, 0.3) is 21.5 Å². The number of nitrogens with zero attached hydrogens (tertiary/aromatic N) is 2. The highest BCUT2D eigenvalue weighted by molar-refractivity contribution is 7.19. The predicted molar refractivity (Wildman–Crippen MR) is 106 cm³/mol. The van der Waals surface area contributed by atoms with Gasteiger partial charge in [-0.2, -0.15) is 0 Å². The Balaban J connectivity index is 1.81. The summed E-state index contributed by atoms with van der Waals surface area (Å²) >= 11 is 7.55. The molecule has 0 unspecified atom stereocenters. The molecule has 0 N–H and O–H groups in total. The molecule has 2 atom stereocenters. The molecule has 1 aliphatic rings. The summed E-state index contributed by atoms with van der Waals surface area (Å²) in [6.07, 6.45) is 0.0674.